The Bertz CT molecular complexity index is 522. The van der Waals surface area contributed by atoms with Crippen molar-refractivity contribution in [1.29, 1.82) is 0 Å². The van der Waals surface area contributed by atoms with Gasteiger partial charge in [0, 0.05) is 13.1 Å². The monoisotopic (exact) mass is 365 g/mol. The number of nitrogens with one attached hydrogen (secondary N) is 2. The van der Waals surface area contributed by atoms with E-state index in [1.54, 1.807) is 14.2 Å². The quantitative estimate of drug-likeness (QED) is 0.336. The first kappa shape index (κ1) is 21.9. The lowest BCUT2D eigenvalue weighted by Crippen LogP contribution is -2.37. The highest BCUT2D eigenvalue weighted by molar-refractivity contribution is 5.79. The Morgan fingerprint density at radius 1 is 0.962 bits per heavy atom. The van der Waals surface area contributed by atoms with E-state index in [4.69, 9.17) is 14.2 Å². The lowest BCUT2D eigenvalue weighted by molar-refractivity contribution is 0.288. The standard InChI is InChI=1S/C20H35N3O3/c1-6-9-10-11-12-22-20(21-7-2)23-15-16-13-17(24-4)19(26-8-3)18(14-16)25-5/h13-14H,6-12,15H2,1-5H3,(H2,21,22,23). The zero-order valence-corrected chi connectivity index (χ0v) is 17.0. The van der Waals surface area contributed by atoms with Crippen LogP contribution in [0.15, 0.2) is 17.1 Å². The van der Waals surface area contributed by atoms with Crippen LogP contribution in [-0.4, -0.2) is 39.9 Å². The molecular formula is C20H35N3O3. The minimum atomic E-state index is 0.531. The minimum Gasteiger partial charge on any atom is -0.493 e. The van der Waals surface area contributed by atoms with E-state index in [1.165, 1.54) is 19.3 Å². The number of benzene rings is 1. The molecule has 0 radical (unpaired) electrons. The predicted molar refractivity (Wildman–Crippen MR) is 108 cm³/mol. The van der Waals surface area contributed by atoms with Gasteiger partial charge in [-0.3, -0.25) is 0 Å². The molecule has 1 aromatic carbocycles. The van der Waals surface area contributed by atoms with Gasteiger partial charge in [-0.15, -0.1) is 0 Å². The fraction of sp³-hybridized carbons (Fsp3) is 0.650. The van der Waals surface area contributed by atoms with E-state index in [-0.39, 0.29) is 0 Å². The molecule has 0 saturated carbocycles. The summed E-state index contributed by atoms with van der Waals surface area (Å²) in [5.74, 6) is 2.78. The van der Waals surface area contributed by atoms with Crippen molar-refractivity contribution in [2.24, 2.45) is 4.99 Å². The molecule has 0 aliphatic carbocycles. The van der Waals surface area contributed by atoms with Crippen LogP contribution in [0.3, 0.4) is 0 Å². The average molecular weight is 366 g/mol. The van der Waals surface area contributed by atoms with E-state index >= 15 is 0 Å². The van der Waals surface area contributed by atoms with Crippen molar-refractivity contribution in [3.8, 4) is 17.2 Å². The maximum absolute atomic E-state index is 5.64. The molecule has 26 heavy (non-hydrogen) atoms. The lowest BCUT2D eigenvalue weighted by Gasteiger charge is -2.15. The van der Waals surface area contributed by atoms with Gasteiger partial charge in [-0.1, -0.05) is 26.2 Å². The molecule has 0 bridgehead atoms. The van der Waals surface area contributed by atoms with E-state index in [2.05, 4.69) is 29.5 Å². The van der Waals surface area contributed by atoms with Crippen molar-refractivity contribution in [2.75, 3.05) is 33.9 Å². The minimum absolute atomic E-state index is 0.531. The zero-order valence-electron chi connectivity index (χ0n) is 17.0. The largest absolute Gasteiger partial charge is 0.493 e. The summed E-state index contributed by atoms with van der Waals surface area (Å²) < 4.78 is 16.5. The highest BCUT2D eigenvalue weighted by Gasteiger charge is 2.13. The van der Waals surface area contributed by atoms with Gasteiger partial charge in [-0.05, 0) is 38.0 Å². The molecular weight excluding hydrogens is 330 g/mol. The number of ether oxygens (including phenoxy) is 3. The van der Waals surface area contributed by atoms with Crippen molar-refractivity contribution in [2.45, 2.75) is 53.0 Å². The molecule has 0 fully saturated rings. The average Bonchev–Trinajstić information content (AvgIpc) is 2.66. The number of hydrogen-bond donors (Lipinski definition) is 2. The molecule has 0 unspecified atom stereocenters. The van der Waals surface area contributed by atoms with E-state index < -0.39 is 0 Å². The van der Waals surface area contributed by atoms with Crippen molar-refractivity contribution in [1.82, 2.24) is 10.6 Å². The Labute approximate surface area is 158 Å². The van der Waals surface area contributed by atoms with Crippen LogP contribution >= 0.6 is 0 Å². The van der Waals surface area contributed by atoms with Crippen LogP contribution in [0.1, 0.15) is 52.0 Å². The van der Waals surface area contributed by atoms with Gasteiger partial charge in [0.25, 0.3) is 0 Å². The Balaban J connectivity index is 2.80. The first-order valence-electron chi connectivity index (χ1n) is 9.59. The van der Waals surface area contributed by atoms with E-state index in [0.717, 1.165) is 31.0 Å². The Morgan fingerprint density at radius 3 is 2.19 bits per heavy atom. The number of unbranched alkanes of at least 4 members (excludes halogenated alkanes) is 3. The molecule has 2 N–H and O–H groups in total. The first-order valence-corrected chi connectivity index (χ1v) is 9.59. The molecule has 1 aromatic rings. The Hall–Kier alpha value is -2.11. The molecule has 148 valence electrons. The molecule has 0 heterocycles. The predicted octanol–water partition coefficient (Wildman–Crippen LogP) is 3.74. The van der Waals surface area contributed by atoms with Crippen LogP contribution < -0.4 is 24.8 Å². The van der Waals surface area contributed by atoms with Gasteiger partial charge in [0.2, 0.25) is 5.75 Å². The summed E-state index contributed by atoms with van der Waals surface area (Å²) >= 11 is 0. The SMILES string of the molecule is CCCCCCNC(=NCc1cc(OC)c(OCC)c(OC)c1)NCC. The third kappa shape index (κ3) is 7.42. The molecule has 0 saturated heterocycles. The van der Waals surface area contributed by atoms with Crippen LogP contribution in [0.4, 0.5) is 0 Å². The third-order valence-corrected chi connectivity index (χ3v) is 3.90. The van der Waals surface area contributed by atoms with Crippen LogP contribution in [0.2, 0.25) is 0 Å². The molecule has 1 rings (SSSR count). The fourth-order valence-electron chi connectivity index (χ4n) is 2.58. The second kappa shape index (κ2) is 13.1. The van der Waals surface area contributed by atoms with Crippen LogP contribution in [0.25, 0.3) is 0 Å². The van der Waals surface area contributed by atoms with Gasteiger partial charge in [0.1, 0.15) is 0 Å². The number of guanidine groups is 1. The second-order valence-electron chi connectivity index (χ2n) is 5.95. The summed E-state index contributed by atoms with van der Waals surface area (Å²) in [5.41, 5.74) is 1.00. The van der Waals surface area contributed by atoms with Crippen LogP contribution in [0.5, 0.6) is 17.2 Å². The number of rotatable bonds is 12. The third-order valence-electron chi connectivity index (χ3n) is 3.90. The maximum Gasteiger partial charge on any atom is 0.203 e. The second-order valence-corrected chi connectivity index (χ2v) is 5.95. The number of aliphatic imine (C=N–C) groups is 1. The smallest absolute Gasteiger partial charge is 0.203 e. The fourth-order valence-corrected chi connectivity index (χ4v) is 2.58. The number of methoxy groups -OCH3 is 2. The van der Waals surface area contributed by atoms with Gasteiger partial charge >= 0.3 is 0 Å². The zero-order chi connectivity index (χ0) is 19.2. The molecule has 0 spiro atoms. The molecule has 0 amide bonds. The lowest BCUT2D eigenvalue weighted by atomic mass is 10.2. The van der Waals surface area contributed by atoms with Crippen molar-refractivity contribution in [3.05, 3.63) is 17.7 Å². The number of nitrogens with zero attached hydrogens (tertiary/aromatic N) is 1. The van der Waals surface area contributed by atoms with Gasteiger partial charge in [-0.25, -0.2) is 4.99 Å². The van der Waals surface area contributed by atoms with Crippen molar-refractivity contribution < 1.29 is 14.2 Å². The van der Waals surface area contributed by atoms with Gasteiger partial charge < -0.3 is 24.8 Å². The maximum atomic E-state index is 5.64. The van der Waals surface area contributed by atoms with Gasteiger partial charge in [-0.2, -0.15) is 0 Å². The summed E-state index contributed by atoms with van der Waals surface area (Å²) in [4.78, 5) is 4.67. The van der Waals surface area contributed by atoms with Gasteiger partial charge in [0.15, 0.2) is 17.5 Å². The summed E-state index contributed by atoms with van der Waals surface area (Å²) in [5, 5.41) is 6.67. The van der Waals surface area contributed by atoms with Crippen molar-refractivity contribution >= 4 is 5.96 Å². The van der Waals surface area contributed by atoms with E-state index in [0.29, 0.717) is 30.4 Å². The molecule has 0 atom stereocenters. The van der Waals surface area contributed by atoms with Gasteiger partial charge in [0.05, 0.1) is 27.4 Å². The summed E-state index contributed by atoms with van der Waals surface area (Å²) in [6, 6.07) is 3.89. The summed E-state index contributed by atoms with van der Waals surface area (Å²) in [6.45, 7) is 9.07. The van der Waals surface area contributed by atoms with Crippen LogP contribution in [0, 0.1) is 0 Å². The number of hydrogen-bond acceptors (Lipinski definition) is 4. The highest BCUT2D eigenvalue weighted by Crippen LogP contribution is 2.38. The molecule has 0 aromatic heterocycles. The summed E-state index contributed by atoms with van der Waals surface area (Å²) in [7, 11) is 3.26. The van der Waals surface area contributed by atoms with E-state index in [9.17, 15) is 0 Å². The van der Waals surface area contributed by atoms with Crippen LogP contribution in [-0.2, 0) is 6.54 Å². The highest BCUT2D eigenvalue weighted by atomic mass is 16.5. The van der Waals surface area contributed by atoms with Crippen molar-refractivity contribution in [3.63, 3.8) is 0 Å². The first-order chi connectivity index (χ1) is 12.7. The van der Waals surface area contributed by atoms with E-state index in [1.807, 2.05) is 19.1 Å². The molecule has 6 nitrogen and oxygen atoms in total. The Morgan fingerprint density at radius 2 is 1.65 bits per heavy atom. The molecule has 0 aliphatic rings. The topological polar surface area (TPSA) is 64.1 Å². The Kier molecular flexibility index (Phi) is 11.1. The molecule has 0 aliphatic heterocycles. The normalized spacial score (nSPS) is 11.2. The summed E-state index contributed by atoms with van der Waals surface area (Å²) in [6.07, 6.45) is 4.93. The molecule has 6 heteroatoms.